The summed E-state index contributed by atoms with van der Waals surface area (Å²) in [6.45, 7) is 9.48. The number of pyridine rings is 4. The monoisotopic (exact) mass is 1320 g/mol. The molecule has 4 heteroatoms. The zero-order valence-corrected chi connectivity index (χ0v) is 59.6. The Hall–Kier alpha value is -9.64. The molecule has 0 saturated carbocycles. The largest absolute Gasteiger partial charge is 0.212 e. The summed E-state index contributed by atoms with van der Waals surface area (Å²) in [6.07, 6.45) is 0.128. The van der Waals surface area contributed by atoms with Gasteiger partial charge >= 0.3 is 0 Å². The molecule has 0 amide bonds. The Balaban J connectivity index is 0.000000185. The van der Waals surface area contributed by atoms with E-state index in [0.717, 1.165) is 89.3 Å². The van der Waals surface area contributed by atoms with Crippen LogP contribution in [0.2, 0.25) is 0 Å². The lowest BCUT2D eigenvalue weighted by molar-refractivity contribution is -0.661. The number of hydrogen-bond acceptors (Lipinski definition) is 0. The van der Waals surface area contributed by atoms with Crippen LogP contribution in [-0.2, 0) is 53.7 Å². The third-order valence-electron chi connectivity index (χ3n) is 18.0. The molecule has 0 spiro atoms. The van der Waals surface area contributed by atoms with Gasteiger partial charge in [-0.2, -0.15) is 0 Å². The molecule has 0 atom stereocenters. The molecule has 0 unspecified atom stereocenters. The smallest absolute Gasteiger partial charge is 0.201 e. The van der Waals surface area contributed by atoms with Gasteiger partial charge in [-0.05, 0) is 243 Å². The van der Waals surface area contributed by atoms with Gasteiger partial charge in [0, 0.05) is 102 Å². The summed E-state index contributed by atoms with van der Waals surface area (Å²) < 4.78 is 201. The summed E-state index contributed by atoms with van der Waals surface area (Å²) in [4.78, 5) is 0. The number of aryl methyl sites for hydroxylation is 19. The molecule has 500 valence electrons. The molecular formula is C94H108N4+4. The van der Waals surface area contributed by atoms with Crippen molar-refractivity contribution in [3.63, 3.8) is 0 Å². The molecule has 0 radical (unpaired) electrons. The highest BCUT2D eigenvalue weighted by molar-refractivity contribution is 5.80. The maximum Gasteiger partial charge on any atom is 0.212 e. The Morgan fingerprint density at radius 3 is 0.888 bits per heavy atom. The molecule has 0 aliphatic carbocycles. The molecule has 4 aromatic heterocycles. The van der Waals surface area contributed by atoms with Crippen LogP contribution in [0.15, 0.2) is 219 Å². The summed E-state index contributed by atoms with van der Waals surface area (Å²) in [6, 6.07) is 59.6. The van der Waals surface area contributed by atoms with E-state index in [1.807, 2.05) is 230 Å². The van der Waals surface area contributed by atoms with Crippen LogP contribution in [0.1, 0.15) is 169 Å². The lowest BCUT2D eigenvalue weighted by Gasteiger charge is -2.14. The maximum absolute atomic E-state index is 8.40. The van der Waals surface area contributed by atoms with Gasteiger partial charge in [-0.25, -0.2) is 18.3 Å². The number of hydrogen-bond donors (Lipinski definition) is 0. The quantitative estimate of drug-likeness (QED) is 0.102. The summed E-state index contributed by atoms with van der Waals surface area (Å²) in [5.41, 5.74) is 21.1. The van der Waals surface area contributed by atoms with Crippen LogP contribution in [0.3, 0.4) is 0 Å². The summed E-state index contributed by atoms with van der Waals surface area (Å²) in [7, 11) is 7.37. The lowest BCUT2D eigenvalue weighted by Crippen LogP contribution is -2.32. The van der Waals surface area contributed by atoms with Gasteiger partial charge in [0.15, 0.2) is 24.8 Å². The van der Waals surface area contributed by atoms with Crippen LogP contribution in [0, 0.1) is 75.8 Å². The van der Waals surface area contributed by atoms with Crippen LogP contribution in [0.25, 0.3) is 89.5 Å². The minimum atomic E-state index is -2.47. The van der Waals surface area contributed by atoms with E-state index < -0.39 is 65.6 Å². The first kappa shape index (κ1) is 46.5. The van der Waals surface area contributed by atoms with Crippen molar-refractivity contribution in [2.45, 2.75) is 149 Å². The third-order valence-corrected chi connectivity index (χ3v) is 18.0. The van der Waals surface area contributed by atoms with Crippen LogP contribution >= 0.6 is 0 Å². The van der Waals surface area contributed by atoms with Crippen molar-refractivity contribution in [2.75, 3.05) is 0 Å². The fourth-order valence-electron chi connectivity index (χ4n) is 12.6. The predicted molar refractivity (Wildman–Crippen MR) is 418 cm³/mol. The van der Waals surface area contributed by atoms with E-state index in [2.05, 4.69) is 6.07 Å². The highest BCUT2D eigenvalue weighted by Crippen LogP contribution is 2.37. The van der Waals surface area contributed by atoms with E-state index in [4.69, 9.17) is 32.9 Å². The molecule has 8 aromatic carbocycles. The highest BCUT2D eigenvalue weighted by Gasteiger charge is 2.23. The zero-order chi connectivity index (χ0) is 91.2. The van der Waals surface area contributed by atoms with Crippen LogP contribution < -0.4 is 18.3 Å². The summed E-state index contributed by atoms with van der Waals surface area (Å²) >= 11 is 0. The topological polar surface area (TPSA) is 15.5 Å². The summed E-state index contributed by atoms with van der Waals surface area (Å²) in [5, 5.41) is 0. The van der Waals surface area contributed by atoms with Gasteiger partial charge in [-0.3, -0.25) is 0 Å². The average molecular weight is 1320 g/mol. The molecular weight excluding hydrogens is 1190 g/mol. The number of rotatable bonds is 13. The van der Waals surface area contributed by atoms with E-state index in [-0.39, 0.29) is 33.4 Å². The van der Waals surface area contributed by atoms with Gasteiger partial charge in [0.1, 0.15) is 28.2 Å². The predicted octanol–water partition coefficient (Wildman–Crippen LogP) is 22.1. The first-order valence-corrected chi connectivity index (χ1v) is 32.9. The lowest BCUT2D eigenvalue weighted by atomic mass is 9.92. The molecule has 0 bridgehead atoms. The SMILES string of the molecule is [2H]C([2H])([2H])c1cc(C)c(-c2cc(C([2H])([2H])C)c(C([2H])([2H])C)c[n+]2C)cc1-c1ccccc1.[2H]C([2H])([2H])c1cc(C)c(-c2cc(C([2H])([2H])C)c(C([2H])([2H])[2H])c[n+]2C)cc1-c1ccccc1.[2H]C([2H])([2H])c1cc(C)c(-c2cc(C)c(C([2H])(C)C)c[n+]2C)cc1-c1ccccc1.[2H]C([2H])([2H])c1cc(C)c(-c2cc(C)c(C([2H])([2H])C)c[n+]2C)cc1-c1ccccc1. The fourth-order valence-corrected chi connectivity index (χ4v) is 12.6. The second kappa shape index (κ2) is 32.6. The Labute approximate surface area is 623 Å². The van der Waals surface area contributed by atoms with Gasteiger partial charge < -0.3 is 0 Å². The van der Waals surface area contributed by atoms with Crippen LogP contribution in [0.5, 0.6) is 0 Å². The van der Waals surface area contributed by atoms with Crippen molar-refractivity contribution < 1.29 is 51.2 Å². The maximum atomic E-state index is 8.40. The number of benzene rings is 8. The minimum Gasteiger partial charge on any atom is -0.201 e. The first-order chi connectivity index (χ1) is 56.0. The fraction of sp³-hybridized carbons (Fsp3) is 0.277. The van der Waals surface area contributed by atoms with Gasteiger partial charge in [0.2, 0.25) is 22.8 Å². The standard InChI is InChI=1S/2C24H28N.2C23H26N/c1-16(2)23-15-25(6)24(13-19(23)5)22-14-21(17(3)12-18(22)4)20-10-8-7-9-11-20;1-6-19-14-24(25(5)16-20(19)7-2)23-15-22(17(3)13-18(23)4)21-11-9-8-10-12-21;1-6-19-15-24(5)23(13-16(19)2)22-14-21(17(3)12-18(22)4)20-10-8-7-9-11-20;1-6-19-13-23(24(5)15-18(19)4)22-14-21(16(2)12-17(22)3)20-10-8-7-9-11-20/h7-16H,1-6H3;8-16H,6-7H2,1-5H3;2*7-15H,6H2,1-5H3/q4*+1/i3D3,16D;3D3,6D2,7D2;3D3,6D2;2D3,4D3,6D2. The molecule has 0 fully saturated rings. The normalized spacial score (nSPS) is 15.9. The molecule has 0 N–H and O–H groups in total. The van der Waals surface area contributed by atoms with E-state index in [0.29, 0.717) is 55.9 Å². The highest BCUT2D eigenvalue weighted by atomic mass is 14.9. The number of aromatic nitrogens is 4. The van der Waals surface area contributed by atoms with E-state index in [1.165, 1.54) is 27.0 Å². The van der Waals surface area contributed by atoms with Crippen LogP contribution in [-0.4, -0.2) is 0 Å². The Kier molecular flexibility index (Phi) is 15.5. The molecule has 4 heterocycles. The van der Waals surface area contributed by atoms with Crippen LogP contribution in [0.4, 0.5) is 0 Å². The molecule has 0 aliphatic heterocycles. The van der Waals surface area contributed by atoms with Gasteiger partial charge in [0.05, 0.1) is 0 Å². The second-order valence-corrected chi connectivity index (χ2v) is 25.2. The van der Waals surface area contributed by atoms with Crippen molar-refractivity contribution >= 4 is 0 Å². The Morgan fingerprint density at radius 2 is 0.571 bits per heavy atom. The molecule has 0 aliphatic rings. The molecule has 98 heavy (non-hydrogen) atoms. The molecule has 12 rings (SSSR count). The Morgan fingerprint density at radius 1 is 0.286 bits per heavy atom. The van der Waals surface area contributed by atoms with E-state index in [9.17, 15) is 0 Å². The third kappa shape index (κ3) is 16.7. The molecule has 0 saturated heterocycles. The van der Waals surface area contributed by atoms with Gasteiger partial charge in [-0.1, -0.05) is 187 Å². The molecule has 4 nitrogen and oxygen atoms in total. The van der Waals surface area contributed by atoms with Crippen molar-refractivity contribution in [3.8, 4) is 89.5 Å². The van der Waals surface area contributed by atoms with Crippen molar-refractivity contribution in [2.24, 2.45) is 28.2 Å². The summed E-state index contributed by atoms with van der Waals surface area (Å²) in [5.74, 6) is -0.685. The van der Waals surface area contributed by atoms with E-state index in [1.54, 1.807) is 85.7 Å². The zero-order valence-electron chi connectivity index (χ0n) is 83.6. The first-order valence-electron chi connectivity index (χ1n) is 44.9. The van der Waals surface area contributed by atoms with Gasteiger partial charge in [-0.15, -0.1) is 0 Å². The van der Waals surface area contributed by atoms with Crippen molar-refractivity contribution in [1.82, 2.24) is 0 Å². The average Bonchev–Trinajstić information content (AvgIpc) is 0.754. The van der Waals surface area contributed by atoms with Gasteiger partial charge in [0.25, 0.3) is 0 Å². The number of nitrogens with zero attached hydrogens (tertiary/aromatic N) is 4. The van der Waals surface area contributed by atoms with Crippen molar-refractivity contribution in [3.05, 3.63) is 308 Å². The minimum absolute atomic E-state index is 0.0451. The van der Waals surface area contributed by atoms with Crippen molar-refractivity contribution in [1.29, 1.82) is 0 Å². The molecule has 12 aromatic rings. The Bertz CT molecular complexity index is 5440. The van der Waals surface area contributed by atoms with E-state index >= 15 is 0 Å². The second-order valence-electron chi connectivity index (χ2n) is 25.2.